The number of nitrogens with zero attached hydrogens (tertiary/aromatic N) is 5. The summed E-state index contributed by atoms with van der Waals surface area (Å²) >= 11 is 0. The average Bonchev–Trinajstić information content (AvgIpc) is 3.44. The molecule has 0 amide bonds. The number of alkyl halides is 1. The van der Waals surface area contributed by atoms with Crippen LogP contribution in [0.25, 0.3) is 32.9 Å². The quantitative estimate of drug-likeness (QED) is 0.163. The Hall–Kier alpha value is -4.14. The van der Waals surface area contributed by atoms with E-state index >= 15 is 8.78 Å². The standard InChI is InChI=1S/C35H38F3N5O3/c1-5-7-13-43(20-44)32-25-16-39-30(24-15-22(45)14-21-10-11-26(36)23(6-2)28(21)24)29(37)31(25)40-33(41-32)46-19-35-12-8-9-27(35)42(4)18-34(3,38)17-35/h2,10-11,14-16,27,44-45H,5,7-9,12-13,17-20H2,1,3-4H3. The Balaban J connectivity index is 1.50. The zero-order valence-corrected chi connectivity index (χ0v) is 26.3. The summed E-state index contributed by atoms with van der Waals surface area (Å²) in [6.07, 6.45) is 11.6. The maximum atomic E-state index is 16.7. The Morgan fingerprint density at radius 1 is 1.24 bits per heavy atom. The van der Waals surface area contributed by atoms with Crippen LogP contribution in [0.5, 0.6) is 11.8 Å². The fourth-order valence-electron chi connectivity index (χ4n) is 7.72. The molecule has 1 saturated carbocycles. The van der Waals surface area contributed by atoms with Crippen molar-refractivity contribution in [3.05, 3.63) is 47.7 Å². The van der Waals surface area contributed by atoms with E-state index in [9.17, 15) is 14.6 Å². The van der Waals surface area contributed by atoms with Gasteiger partial charge in [0.2, 0.25) is 0 Å². The van der Waals surface area contributed by atoms with Gasteiger partial charge >= 0.3 is 6.01 Å². The Morgan fingerprint density at radius 2 is 2.04 bits per heavy atom. The number of aromatic nitrogens is 3. The van der Waals surface area contributed by atoms with E-state index in [1.807, 2.05) is 14.0 Å². The smallest absolute Gasteiger partial charge is 0.319 e. The number of hydrogen-bond donors (Lipinski definition) is 2. The zero-order valence-electron chi connectivity index (χ0n) is 26.3. The van der Waals surface area contributed by atoms with Crippen molar-refractivity contribution >= 4 is 27.5 Å². The molecule has 11 heteroatoms. The van der Waals surface area contributed by atoms with E-state index in [1.165, 1.54) is 30.5 Å². The number of phenols is 1. The molecule has 4 aromatic rings. The van der Waals surface area contributed by atoms with E-state index in [1.54, 1.807) is 11.8 Å². The summed E-state index contributed by atoms with van der Waals surface area (Å²) in [5, 5.41) is 21.7. The molecule has 6 rings (SSSR count). The highest BCUT2D eigenvalue weighted by Gasteiger charge is 2.54. The number of aliphatic hydroxyl groups excluding tert-OH is 1. The van der Waals surface area contributed by atoms with E-state index in [4.69, 9.17) is 11.2 Å². The molecule has 2 aliphatic rings. The Kier molecular flexibility index (Phi) is 8.46. The highest BCUT2D eigenvalue weighted by atomic mass is 19.1. The lowest BCUT2D eigenvalue weighted by molar-refractivity contribution is -0.0648. The van der Waals surface area contributed by atoms with Crippen LogP contribution in [-0.4, -0.2) is 75.3 Å². The number of hydrogen-bond acceptors (Lipinski definition) is 8. The second kappa shape index (κ2) is 12.2. The third-order valence-electron chi connectivity index (χ3n) is 9.53. The molecular formula is C35H38F3N5O3. The van der Waals surface area contributed by atoms with Gasteiger partial charge in [-0.25, -0.2) is 13.2 Å². The molecule has 0 bridgehead atoms. The zero-order chi connectivity index (χ0) is 32.8. The number of aliphatic hydroxyl groups is 1. The molecule has 2 aromatic carbocycles. The molecule has 242 valence electrons. The van der Waals surface area contributed by atoms with E-state index < -0.39 is 29.4 Å². The van der Waals surface area contributed by atoms with Crippen molar-refractivity contribution in [2.24, 2.45) is 5.41 Å². The number of rotatable bonds is 9. The molecule has 8 nitrogen and oxygen atoms in total. The molecule has 2 fully saturated rings. The van der Waals surface area contributed by atoms with Crippen molar-refractivity contribution in [2.45, 2.75) is 64.1 Å². The van der Waals surface area contributed by atoms with Gasteiger partial charge in [-0.2, -0.15) is 9.97 Å². The maximum Gasteiger partial charge on any atom is 0.319 e. The first-order valence-corrected chi connectivity index (χ1v) is 15.7. The molecule has 3 unspecified atom stereocenters. The maximum absolute atomic E-state index is 16.7. The van der Waals surface area contributed by atoms with Crippen LogP contribution in [0.2, 0.25) is 0 Å². The summed E-state index contributed by atoms with van der Waals surface area (Å²) in [6, 6.07) is 5.36. The number of benzene rings is 2. The van der Waals surface area contributed by atoms with Crippen molar-refractivity contribution in [3.8, 4) is 35.4 Å². The highest BCUT2D eigenvalue weighted by Crippen LogP contribution is 2.51. The normalized spacial score (nSPS) is 23.0. The van der Waals surface area contributed by atoms with Crippen LogP contribution < -0.4 is 9.64 Å². The van der Waals surface area contributed by atoms with Crippen molar-refractivity contribution in [1.82, 2.24) is 19.9 Å². The first-order chi connectivity index (χ1) is 22.0. The largest absolute Gasteiger partial charge is 0.508 e. The summed E-state index contributed by atoms with van der Waals surface area (Å²) in [5.41, 5.74) is -2.19. The summed E-state index contributed by atoms with van der Waals surface area (Å²) in [4.78, 5) is 17.2. The van der Waals surface area contributed by atoms with Crippen molar-refractivity contribution < 1.29 is 28.1 Å². The number of fused-ring (bicyclic) bond motifs is 3. The third-order valence-corrected chi connectivity index (χ3v) is 9.53. The first-order valence-electron chi connectivity index (χ1n) is 15.7. The molecule has 0 spiro atoms. The minimum Gasteiger partial charge on any atom is -0.508 e. The molecular weight excluding hydrogens is 595 g/mol. The van der Waals surface area contributed by atoms with Gasteiger partial charge < -0.3 is 19.8 Å². The van der Waals surface area contributed by atoms with Crippen LogP contribution in [0.4, 0.5) is 19.0 Å². The SMILES string of the molecule is C#Cc1c(F)ccc2cc(O)cc(-c3ncc4c(N(CO)CCCC)nc(OCC56CCCC5N(C)CC(C)(F)C6)nc4c3F)c12. The molecule has 3 heterocycles. The van der Waals surface area contributed by atoms with Crippen molar-refractivity contribution in [3.63, 3.8) is 0 Å². The van der Waals surface area contributed by atoms with E-state index in [0.29, 0.717) is 24.9 Å². The minimum atomic E-state index is -1.39. The van der Waals surface area contributed by atoms with E-state index in [0.717, 1.165) is 32.1 Å². The van der Waals surface area contributed by atoms with Gasteiger partial charge in [-0.3, -0.25) is 9.88 Å². The highest BCUT2D eigenvalue weighted by molar-refractivity contribution is 6.03. The molecule has 2 N–H and O–H groups in total. The van der Waals surface area contributed by atoms with Gasteiger partial charge in [0.15, 0.2) is 5.82 Å². The second-order valence-corrected chi connectivity index (χ2v) is 13.0. The molecule has 2 aromatic heterocycles. The van der Waals surface area contributed by atoms with Gasteiger partial charge in [-0.05, 0) is 63.2 Å². The number of terminal acetylenes is 1. The summed E-state index contributed by atoms with van der Waals surface area (Å²) in [5.74, 6) is 0.875. The van der Waals surface area contributed by atoms with Gasteiger partial charge in [0.25, 0.3) is 0 Å². The molecule has 1 aliphatic carbocycles. The Labute approximate surface area is 266 Å². The Bertz CT molecular complexity index is 1840. The monoisotopic (exact) mass is 633 g/mol. The average molecular weight is 634 g/mol. The van der Waals surface area contributed by atoms with Gasteiger partial charge in [0.05, 0.1) is 17.6 Å². The van der Waals surface area contributed by atoms with Crippen LogP contribution in [0.15, 0.2) is 30.5 Å². The van der Waals surface area contributed by atoms with Crippen molar-refractivity contribution in [2.75, 3.05) is 38.4 Å². The number of unbranched alkanes of at least 4 members (excludes halogenated alkanes) is 1. The molecule has 3 atom stereocenters. The van der Waals surface area contributed by atoms with Crippen LogP contribution >= 0.6 is 0 Å². The van der Waals surface area contributed by atoms with Crippen LogP contribution in [0.1, 0.15) is 57.9 Å². The van der Waals surface area contributed by atoms with Crippen LogP contribution in [-0.2, 0) is 0 Å². The Morgan fingerprint density at radius 3 is 2.78 bits per heavy atom. The number of piperidine rings is 1. The predicted molar refractivity (Wildman–Crippen MR) is 171 cm³/mol. The van der Waals surface area contributed by atoms with Crippen LogP contribution in [0, 0.1) is 29.4 Å². The number of aromatic hydroxyl groups is 1. The summed E-state index contributed by atoms with van der Waals surface area (Å²) in [7, 11) is 1.94. The predicted octanol–water partition coefficient (Wildman–Crippen LogP) is 6.35. The minimum absolute atomic E-state index is 0.0881. The molecule has 1 saturated heterocycles. The number of likely N-dealkylation sites (tertiary alicyclic amines) is 1. The number of ether oxygens (including phenoxy) is 1. The van der Waals surface area contributed by atoms with Crippen LogP contribution in [0.3, 0.4) is 0 Å². The fourth-order valence-corrected chi connectivity index (χ4v) is 7.72. The lowest BCUT2D eigenvalue weighted by atomic mass is 9.71. The number of anilines is 1. The summed E-state index contributed by atoms with van der Waals surface area (Å²) in [6.45, 7) is 4.15. The van der Waals surface area contributed by atoms with Gasteiger partial charge in [-0.15, -0.1) is 6.42 Å². The van der Waals surface area contributed by atoms with Gasteiger partial charge in [0.1, 0.15) is 41.0 Å². The number of pyridine rings is 1. The molecule has 0 radical (unpaired) electrons. The molecule has 46 heavy (non-hydrogen) atoms. The molecule has 1 aliphatic heterocycles. The lowest BCUT2D eigenvalue weighted by Gasteiger charge is -2.49. The van der Waals surface area contributed by atoms with Gasteiger partial charge in [0, 0.05) is 41.7 Å². The fraction of sp³-hybridized carbons (Fsp3) is 0.457. The second-order valence-electron chi connectivity index (χ2n) is 13.0. The number of phenolic OH excluding ortho intramolecular Hbond substituents is 1. The van der Waals surface area contributed by atoms with Gasteiger partial charge in [-0.1, -0.05) is 31.8 Å². The third kappa shape index (κ3) is 5.58. The number of halogens is 3. The first kappa shape index (κ1) is 31.8. The van der Waals surface area contributed by atoms with E-state index in [-0.39, 0.29) is 63.3 Å². The topological polar surface area (TPSA) is 94.8 Å². The lowest BCUT2D eigenvalue weighted by Crippen LogP contribution is -2.58. The van der Waals surface area contributed by atoms with Crippen molar-refractivity contribution in [1.29, 1.82) is 0 Å². The van der Waals surface area contributed by atoms with E-state index in [2.05, 4.69) is 25.8 Å². The summed E-state index contributed by atoms with van der Waals surface area (Å²) < 4.78 is 53.2.